The van der Waals surface area contributed by atoms with Crippen molar-refractivity contribution >= 4 is 5.69 Å². The highest BCUT2D eigenvalue weighted by molar-refractivity contribution is 5.69. The van der Waals surface area contributed by atoms with E-state index in [0.29, 0.717) is 11.4 Å². The minimum Gasteiger partial charge on any atom is -0.495 e. The van der Waals surface area contributed by atoms with Crippen LogP contribution < -0.4 is 16.0 Å². The van der Waals surface area contributed by atoms with Crippen molar-refractivity contribution in [3.05, 3.63) is 46.4 Å². The summed E-state index contributed by atoms with van der Waals surface area (Å²) in [7, 11) is 1.57. The fourth-order valence-corrected chi connectivity index (χ4v) is 1.74. The van der Waals surface area contributed by atoms with Gasteiger partial charge >= 0.3 is 0 Å². The molecule has 1 aromatic heterocycles. The Bertz CT molecular complexity index is 603. The summed E-state index contributed by atoms with van der Waals surface area (Å²) >= 11 is 0. The smallest absolute Gasteiger partial charge is 0.248 e. The Morgan fingerprint density at radius 1 is 1.18 bits per heavy atom. The molecule has 88 valence electrons. The minimum absolute atomic E-state index is 0.115. The number of methoxy groups -OCH3 is 1. The van der Waals surface area contributed by atoms with Crippen LogP contribution in [0, 0.1) is 6.92 Å². The van der Waals surface area contributed by atoms with E-state index in [1.807, 2.05) is 25.1 Å². The number of aromatic amines is 1. The molecule has 4 nitrogen and oxygen atoms in total. The Hall–Kier alpha value is -2.23. The van der Waals surface area contributed by atoms with Crippen molar-refractivity contribution in [1.82, 2.24) is 4.98 Å². The van der Waals surface area contributed by atoms with Crippen LogP contribution in [0.2, 0.25) is 0 Å². The first-order valence-corrected chi connectivity index (χ1v) is 5.25. The van der Waals surface area contributed by atoms with E-state index in [0.717, 1.165) is 16.8 Å². The van der Waals surface area contributed by atoms with Crippen LogP contribution in [-0.4, -0.2) is 12.1 Å². The molecule has 17 heavy (non-hydrogen) atoms. The number of nitrogen functional groups attached to an aromatic ring is 1. The zero-order valence-corrected chi connectivity index (χ0v) is 9.78. The summed E-state index contributed by atoms with van der Waals surface area (Å²) in [6, 6.07) is 8.92. The van der Waals surface area contributed by atoms with Crippen LogP contribution in [0.5, 0.6) is 5.75 Å². The van der Waals surface area contributed by atoms with Crippen LogP contribution in [0.4, 0.5) is 5.69 Å². The number of benzene rings is 1. The molecule has 0 aliphatic carbocycles. The Morgan fingerprint density at radius 2 is 1.94 bits per heavy atom. The predicted molar refractivity (Wildman–Crippen MR) is 68.2 cm³/mol. The number of rotatable bonds is 2. The zero-order chi connectivity index (χ0) is 12.4. The SMILES string of the molecule is COc1cc(-c2cc(C)[nH]c(=O)c2)ccc1N. The van der Waals surface area contributed by atoms with E-state index in [1.54, 1.807) is 19.2 Å². The molecule has 2 aromatic rings. The molecule has 3 N–H and O–H groups in total. The summed E-state index contributed by atoms with van der Waals surface area (Å²) in [6.07, 6.45) is 0. The number of aryl methyl sites for hydroxylation is 1. The van der Waals surface area contributed by atoms with Gasteiger partial charge in [0, 0.05) is 11.8 Å². The Kier molecular flexibility index (Phi) is 2.87. The second-order valence-electron chi connectivity index (χ2n) is 3.87. The van der Waals surface area contributed by atoms with Gasteiger partial charge in [-0.1, -0.05) is 6.07 Å². The first-order valence-electron chi connectivity index (χ1n) is 5.25. The third-order valence-corrected chi connectivity index (χ3v) is 2.55. The quantitative estimate of drug-likeness (QED) is 0.775. The van der Waals surface area contributed by atoms with Crippen molar-refractivity contribution in [2.24, 2.45) is 0 Å². The van der Waals surface area contributed by atoms with Crippen LogP contribution in [0.25, 0.3) is 11.1 Å². The van der Waals surface area contributed by atoms with Crippen LogP contribution >= 0.6 is 0 Å². The van der Waals surface area contributed by atoms with E-state index in [9.17, 15) is 4.79 Å². The summed E-state index contributed by atoms with van der Waals surface area (Å²) in [6.45, 7) is 1.85. The van der Waals surface area contributed by atoms with Crippen molar-refractivity contribution in [3.63, 3.8) is 0 Å². The van der Waals surface area contributed by atoms with Gasteiger partial charge in [-0.25, -0.2) is 0 Å². The van der Waals surface area contributed by atoms with Crippen LogP contribution in [0.1, 0.15) is 5.69 Å². The highest BCUT2D eigenvalue weighted by Gasteiger charge is 2.04. The van der Waals surface area contributed by atoms with E-state index in [4.69, 9.17) is 10.5 Å². The summed E-state index contributed by atoms with van der Waals surface area (Å²) in [5.74, 6) is 0.612. The van der Waals surface area contributed by atoms with Gasteiger partial charge in [0.2, 0.25) is 5.56 Å². The maximum absolute atomic E-state index is 11.4. The average Bonchev–Trinajstić information content (AvgIpc) is 2.28. The van der Waals surface area contributed by atoms with Crippen molar-refractivity contribution in [2.75, 3.05) is 12.8 Å². The molecule has 0 saturated heterocycles. The average molecular weight is 230 g/mol. The molecule has 0 saturated carbocycles. The number of H-pyrrole nitrogens is 1. The number of hydrogen-bond acceptors (Lipinski definition) is 3. The van der Waals surface area contributed by atoms with E-state index in [2.05, 4.69) is 4.98 Å². The fraction of sp³-hybridized carbons (Fsp3) is 0.154. The van der Waals surface area contributed by atoms with Gasteiger partial charge in [0.05, 0.1) is 12.8 Å². The zero-order valence-electron chi connectivity index (χ0n) is 9.78. The monoisotopic (exact) mass is 230 g/mol. The van der Waals surface area contributed by atoms with Gasteiger partial charge in [-0.3, -0.25) is 4.79 Å². The molecule has 0 bridgehead atoms. The number of anilines is 1. The lowest BCUT2D eigenvalue weighted by Crippen LogP contribution is -2.05. The number of nitrogens with two attached hydrogens (primary N) is 1. The Balaban J connectivity index is 2.56. The molecule has 2 rings (SSSR count). The third kappa shape index (κ3) is 2.30. The molecule has 0 aliphatic heterocycles. The fourth-order valence-electron chi connectivity index (χ4n) is 1.74. The van der Waals surface area contributed by atoms with Crippen molar-refractivity contribution in [1.29, 1.82) is 0 Å². The lowest BCUT2D eigenvalue weighted by molar-refractivity contribution is 0.417. The second kappa shape index (κ2) is 4.33. The molecule has 1 aromatic carbocycles. The first kappa shape index (κ1) is 11.3. The number of aromatic nitrogens is 1. The minimum atomic E-state index is -0.115. The van der Waals surface area contributed by atoms with Crippen LogP contribution in [0.3, 0.4) is 0 Å². The van der Waals surface area contributed by atoms with Gasteiger partial charge in [-0.15, -0.1) is 0 Å². The first-order chi connectivity index (χ1) is 8.10. The third-order valence-electron chi connectivity index (χ3n) is 2.55. The maximum Gasteiger partial charge on any atom is 0.248 e. The standard InChI is InChI=1S/C13H14N2O2/c1-8-5-10(7-13(16)15-8)9-3-4-11(14)12(6-9)17-2/h3-7H,14H2,1-2H3,(H,15,16). The molecule has 0 radical (unpaired) electrons. The molecular weight excluding hydrogens is 216 g/mol. The molecular formula is C13H14N2O2. The van der Waals surface area contributed by atoms with E-state index >= 15 is 0 Å². The molecule has 0 unspecified atom stereocenters. The number of hydrogen-bond donors (Lipinski definition) is 2. The second-order valence-corrected chi connectivity index (χ2v) is 3.87. The summed E-state index contributed by atoms with van der Waals surface area (Å²) in [5, 5.41) is 0. The van der Waals surface area contributed by atoms with Gasteiger partial charge < -0.3 is 15.5 Å². The van der Waals surface area contributed by atoms with Crippen molar-refractivity contribution in [2.45, 2.75) is 6.92 Å². The van der Waals surface area contributed by atoms with Gasteiger partial charge in [-0.2, -0.15) is 0 Å². The van der Waals surface area contributed by atoms with E-state index < -0.39 is 0 Å². The van der Waals surface area contributed by atoms with E-state index in [1.165, 1.54) is 0 Å². The summed E-state index contributed by atoms with van der Waals surface area (Å²) < 4.78 is 5.16. The van der Waals surface area contributed by atoms with Gasteiger partial charge in [0.1, 0.15) is 5.75 Å². The molecule has 0 aliphatic rings. The number of nitrogens with one attached hydrogen (secondary N) is 1. The van der Waals surface area contributed by atoms with Gasteiger partial charge in [0.15, 0.2) is 0 Å². The molecule has 0 atom stereocenters. The largest absolute Gasteiger partial charge is 0.495 e. The summed E-state index contributed by atoms with van der Waals surface area (Å²) in [5.41, 5.74) is 8.79. The Labute approximate surface area is 99.1 Å². The van der Waals surface area contributed by atoms with Crippen LogP contribution in [-0.2, 0) is 0 Å². The van der Waals surface area contributed by atoms with Gasteiger partial charge in [0.25, 0.3) is 0 Å². The van der Waals surface area contributed by atoms with Crippen molar-refractivity contribution < 1.29 is 4.74 Å². The Morgan fingerprint density at radius 3 is 2.59 bits per heavy atom. The van der Waals surface area contributed by atoms with Crippen LogP contribution in [0.15, 0.2) is 35.1 Å². The molecule has 0 fully saturated rings. The predicted octanol–water partition coefficient (Wildman–Crippen LogP) is 1.94. The topological polar surface area (TPSA) is 68.1 Å². The molecule has 1 heterocycles. The normalized spacial score (nSPS) is 10.2. The van der Waals surface area contributed by atoms with Gasteiger partial charge in [-0.05, 0) is 36.2 Å². The lowest BCUT2D eigenvalue weighted by Gasteiger charge is -2.08. The highest BCUT2D eigenvalue weighted by Crippen LogP contribution is 2.28. The van der Waals surface area contributed by atoms with E-state index in [-0.39, 0.29) is 5.56 Å². The molecule has 0 amide bonds. The maximum atomic E-state index is 11.4. The van der Waals surface area contributed by atoms with Crippen molar-refractivity contribution in [3.8, 4) is 16.9 Å². The number of ether oxygens (including phenoxy) is 1. The molecule has 0 spiro atoms. The molecule has 4 heteroatoms. The lowest BCUT2D eigenvalue weighted by atomic mass is 10.1. The summed E-state index contributed by atoms with van der Waals surface area (Å²) in [4.78, 5) is 14.1. The highest BCUT2D eigenvalue weighted by atomic mass is 16.5. The number of pyridine rings is 1.